The van der Waals surface area contributed by atoms with Crippen LogP contribution in [0.25, 0.3) is 0 Å². The van der Waals surface area contributed by atoms with Gasteiger partial charge in [-0.15, -0.1) is 0 Å². The van der Waals surface area contributed by atoms with Crippen LogP contribution in [-0.4, -0.2) is 9.97 Å². The van der Waals surface area contributed by atoms with E-state index in [1.54, 1.807) is 12.4 Å². The van der Waals surface area contributed by atoms with Crippen LogP contribution in [0.4, 0.5) is 11.6 Å². The Labute approximate surface area is 76.0 Å². The second-order valence-corrected chi connectivity index (χ2v) is 2.55. The molecule has 0 bridgehead atoms. The van der Waals surface area contributed by atoms with Crippen molar-refractivity contribution in [3.8, 4) is 0 Å². The Kier molecular flexibility index (Phi) is 2.14. The van der Waals surface area contributed by atoms with Crippen molar-refractivity contribution in [2.24, 2.45) is 0 Å². The fraction of sp³-hybridized carbons (Fsp3) is 0. The molecule has 0 saturated carbocycles. The summed E-state index contributed by atoms with van der Waals surface area (Å²) >= 11 is 0. The Morgan fingerprint density at radius 3 is 2.62 bits per heavy atom. The number of hydrogen-bond acceptors (Lipinski definition) is 3. The van der Waals surface area contributed by atoms with E-state index in [1.807, 2.05) is 30.3 Å². The Bertz CT molecular complexity index is 341. The zero-order chi connectivity index (χ0) is 8.93. The number of anilines is 2. The molecule has 2 rings (SSSR count). The smallest absolute Gasteiger partial charge is 0.219 e. The van der Waals surface area contributed by atoms with E-state index < -0.39 is 0 Å². The molecule has 1 heterocycles. The molecular weight excluding hydrogens is 164 g/mol. The summed E-state index contributed by atoms with van der Waals surface area (Å²) in [6, 6.07) is 9.84. The molecule has 0 aliphatic heterocycles. The Morgan fingerprint density at radius 2 is 1.92 bits per heavy atom. The van der Waals surface area contributed by atoms with Crippen LogP contribution in [0.2, 0.25) is 0 Å². The van der Waals surface area contributed by atoms with Gasteiger partial charge in [0.1, 0.15) is 0 Å². The van der Waals surface area contributed by atoms with E-state index in [-0.39, 0.29) is 0 Å². The fourth-order valence-electron chi connectivity index (χ4n) is 0.986. The molecule has 0 aliphatic carbocycles. The number of para-hydroxylation sites is 1. The number of benzene rings is 1. The van der Waals surface area contributed by atoms with Crippen molar-refractivity contribution >= 4 is 11.6 Å². The Hall–Kier alpha value is -1.97. The zero-order valence-electron chi connectivity index (χ0n) is 6.99. The third-order valence-corrected chi connectivity index (χ3v) is 1.60. The van der Waals surface area contributed by atoms with Gasteiger partial charge in [-0.05, 0) is 12.1 Å². The second-order valence-electron chi connectivity index (χ2n) is 2.55. The van der Waals surface area contributed by atoms with Gasteiger partial charge in [0, 0.05) is 12.4 Å². The quantitative estimate of drug-likeness (QED) is 0.622. The Balaban J connectivity index is 1.94. The van der Waals surface area contributed by atoms with Crippen LogP contribution in [0.3, 0.4) is 0 Å². The van der Waals surface area contributed by atoms with Crippen molar-refractivity contribution < 1.29 is 0 Å². The second kappa shape index (κ2) is 3.62. The standard InChI is InChI=1S/C9H10N4/c1-2-4-8(5-3-1)12-13-9-10-6-7-11-9/h1-7,12H,(H2,10,11,13). The summed E-state index contributed by atoms with van der Waals surface area (Å²) in [7, 11) is 0. The van der Waals surface area contributed by atoms with E-state index >= 15 is 0 Å². The van der Waals surface area contributed by atoms with Crippen LogP contribution >= 0.6 is 0 Å². The molecule has 3 N–H and O–H groups in total. The van der Waals surface area contributed by atoms with E-state index in [1.165, 1.54) is 0 Å². The molecular formula is C9H10N4. The molecule has 1 aromatic carbocycles. The van der Waals surface area contributed by atoms with E-state index in [2.05, 4.69) is 20.8 Å². The lowest BCUT2D eigenvalue weighted by molar-refractivity contribution is 1.24. The molecule has 0 radical (unpaired) electrons. The van der Waals surface area contributed by atoms with Crippen molar-refractivity contribution in [2.75, 3.05) is 10.9 Å². The highest BCUT2D eigenvalue weighted by Gasteiger charge is 1.90. The van der Waals surface area contributed by atoms with Crippen LogP contribution in [0, 0.1) is 0 Å². The topological polar surface area (TPSA) is 52.7 Å². The first-order valence-corrected chi connectivity index (χ1v) is 4.01. The number of hydrogen-bond donors (Lipinski definition) is 3. The number of nitrogens with zero attached hydrogens (tertiary/aromatic N) is 1. The highest BCUT2D eigenvalue weighted by atomic mass is 15.4. The molecule has 4 nitrogen and oxygen atoms in total. The van der Waals surface area contributed by atoms with Gasteiger partial charge in [-0.2, -0.15) is 0 Å². The highest BCUT2D eigenvalue weighted by Crippen LogP contribution is 2.04. The number of aromatic amines is 1. The van der Waals surface area contributed by atoms with Crippen molar-refractivity contribution in [2.45, 2.75) is 0 Å². The fourth-order valence-corrected chi connectivity index (χ4v) is 0.986. The first-order valence-electron chi connectivity index (χ1n) is 4.01. The van der Waals surface area contributed by atoms with Gasteiger partial charge in [0.25, 0.3) is 0 Å². The van der Waals surface area contributed by atoms with E-state index in [4.69, 9.17) is 0 Å². The van der Waals surface area contributed by atoms with Gasteiger partial charge in [0.05, 0.1) is 5.69 Å². The first kappa shape index (κ1) is 7.67. The molecule has 0 spiro atoms. The molecule has 0 saturated heterocycles. The van der Waals surface area contributed by atoms with Gasteiger partial charge < -0.3 is 4.98 Å². The maximum atomic E-state index is 4.00. The summed E-state index contributed by atoms with van der Waals surface area (Å²) in [6.07, 6.45) is 3.45. The maximum Gasteiger partial charge on any atom is 0.219 e. The summed E-state index contributed by atoms with van der Waals surface area (Å²) in [5, 5.41) is 0. The van der Waals surface area contributed by atoms with Gasteiger partial charge in [-0.1, -0.05) is 18.2 Å². The van der Waals surface area contributed by atoms with Gasteiger partial charge >= 0.3 is 0 Å². The monoisotopic (exact) mass is 174 g/mol. The van der Waals surface area contributed by atoms with Crippen LogP contribution in [0.5, 0.6) is 0 Å². The van der Waals surface area contributed by atoms with Gasteiger partial charge in [0.15, 0.2) is 0 Å². The van der Waals surface area contributed by atoms with Crippen molar-refractivity contribution in [3.63, 3.8) is 0 Å². The minimum atomic E-state index is 0.698. The molecule has 0 amide bonds. The molecule has 0 aliphatic rings. The molecule has 2 aromatic rings. The van der Waals surface area contributed by atoms with Crippen LogP contribution in [0.15, 0.2) is 42.7 Å². The van der Waals surface area contributed by atoms with Crippen molar-refractivity contribution in [1.29, 1.82) is 0 Å². The minimum Gasteiger partial charge on any atom is -0.330 e. The number of nitrogens with one attached hydrogen (secondary N) is 3. The van der Waals surface area contributed by atoms with Gasteiger partial charge in [0.2, 0.25) is 5.95 Å². The van der Waals surface area contributed by atoms with Gasteiger partial charge in [-0.3, -0.25) is 10.9 Å². The number of hydrazine groups is 1. The van der Waals surface area contributed by atoms with Crippen LogP contribution in [0.1, 0.15) is 0 Å². The number of rotatable bonds is 3. The lowest BCUT2D eigenvalue weighted by Gasteiger charge is -2.05. The summed E-state index contributed by atoms with van der Waals surface area (Å²) in [6.45, 7) is 0. The minimum absolute atomic E-state index is 0.698. The molecule has 66 valence electrons. The molecule has 0 unspecified atom stereocenters. The number of imidazole rings is 1. The van der Waals surface area contributed by atoms with Crippen LogP contribution in [-0.2, 0) is 0 Å². The third-order valence-electron chi connectivity index (χ3n) is 1.60. The normalized spacial score (nSPS) is 9.54. The predicted octanol–water partition coefficient (Wildman–Crippen LogP) is 1.85. The molecule has 13 heavy (non-hydrogen) atoms. The number of H-pyrrole nitrogens is 1. The highest BCUT2D eigenvalue weighted by molar-refractivity contribution is 5.46. The lowest BCUT2D eigenvalue weighted by atomic mass is 10.3. The van der Waals surface area contributed by atoms with E-state index in [0.717, 1.165) is 5.69 Å². The summed E-state index contributed by atoms with van der Waals surface area (Å²) in [5.74, 6) is 0.698. The summed E-state index contributed by atoms with van der Waals surface area (Å²) in [5.41, 5.74) is 6.93. The molecule has 4 heteroatoms. The van der Waals surface area contributed by atoms with Gasteiger partial charge in [-0.25, -0.2) is 4.98 Å². The average Bonchev–Trinajstić information content (AvgIpc) is 2.69. The molecule has 0 fully saturated rings. The number of aromatic nitrogens is 2. The Morgan fingerprint density at radius 1 is 1.08 bits per heavy atom. The average molecular weight is 174 g/mol. The lowest BCUT2D eigenvalue weighted by Crippen LogP contribution is -2.09. The van der Waals surface area contributed by atoms with Crippen molar-refractivity contribution in [3.05, 3.63) is 42.7 Å². The largest absolute Gasteiger partial charge is 0.330 e. The van der Waals surface area contributed by atoms with Crippen molar-refractivity contribution in [1.82, 2.24) is 9.97 Å². The summed E-state index contributed by atoms with van der Waals surface area (Å²) in [4.78, 5) is 6.92. The predicted molar refractivity (Wildman–Crippen MR) is 52.3 cm³/mol. The van der Waals surface area contributed by atoms with Crippen LogP contribution < -0.4 is 10.9 Å². The van der Waals surface area contributed by atoms with E-state index in [9.17, 15) is 0 Å². The third kappa shape index (κ3) is 1.99. The molecule has 1 aromatic heterocycles. The summed E-state index contributed by atoms with van der Waals surface area (Å²) < 4.78 is 0. The first-order chi connectivity index (χ1) is 6.45. The molecule has 0 atom stereocenters. The maximum absolute atomic E-state index is 4.00. The SMILES string of the molecule is c1ccc(NNc2ncc[nH]2)cc1. The zero-order valence-corrected chi connectivity index (χ0v) is 6.99. The van der Waals surface area contributed by atoms with E-state index in [0.29, 0.717) is 5.95 Å².